The quantitative estimate of drug-likeness (QED) is 0.650. The second-order valence-electron chi connectivity index (χ2n) is 11.3. The Morgan fingerprint density at radius 2 is 1.79 bits per heavy atom. The van der Waals surface area contributed by atoms with Crippen molar-refractivity contribution in [1.29, 1.82) is 0 Å². The van der Waals surface area contributed by atoms with Crippen molar-refractivity contribution >= 4 is 5.78 Å². The van der Waals surface area contributed by atoms with Crippen LogP contribution < -0.4 is 0 Å². The van der Waals surface area contributed by atoms with Crippen molar-refractivity contribution in [2.75, 3.05) is 13.1 Å². The number of nitrogens with zero attached hydrogens (tertiary/aromatic N) is 1. The molecule has 0 bridgehead atoms. The lowest BCUT2D eigenvalue weighted by Gasteiger charge is -2.59. The van der Waals surface area contributed by atoms with Crippen LogP contribution in [0.25, 0.3) is 0 Å². The molecule has 3 heteroatoms. The first-order valence-corrected chi connectivity index (χ1v) is 12.1. The summed E-state index contributed by atoms with van der Waals surface area (Å²) >= 11 is 0. The Labute approximate surface area is 170 Å². The summed E-state index contributed by atoms with van der Waals surface area (Å²) in [5.74, 6) is 3.21. The van der Waals surface area contributed by atoms with Crippen LogP contribution in [0.3, 0.4) is 0 Å². The number of aliphatic hydroxyl groups excluding tert-OH is 1. The highest BCUT2D eigenvalue weighted by molar-refractivity contribution is 6.02. The predicted molar refractivity (Wildman–Crippen MR) is 112 cm³/mol. The fourth-order valence-corrected chi connectivity index (χ4v) is 8.29. The van der Waals surface area contributed by atoms with Gasteiger partial charge in [-0.2, -0.15) is 0 Å². The van der Waals surface area contributed by atoms with Crippen molar-refractivity contribution in [1.82, 2.24) is 4.90 Å². The van der Waals surface area contributed by atoms with E-state index in [4.69, 9.17) is 0 Å². The summed E-state index contributed by atoms with van der Waals surface area (Å²) in [7, 11) is 0. The van der Waals surface area contributed by atoms with Gasteiger partial charge in [-0.1, -0.05) is 13.8 Å². The third kappa shape index (κ3) is 2.82. The summed E-state index contributed by atoms with van der Waals surface area (Å²) in [6.45, 7) is 7.09. The zero-order valence-electron chi connectivity index (χ0n) is 18.0. The number of aliphatic hydroxyl groups is 1. The van der Waals surface area contributed by atoms with Gasteiger partial charge < -0.3 is 10.0 Å². The third-order valence-corrected chi connectivity index (χ3v) is 10.0. The number of likely N-dealkylation sites (tertiary alicyclic amines) is 1. The van der Waals surface area contributed by atoms with E-state index in [0.29, 0.717) is 29.0 Å². The lowest BCUT2D eigenvalue weighted by atomic mass is 9.45. The highest BCUT2D eigenvalue weighted by Crippen LogP contribution is 2.66. The van der Waals surface area contributed by atoms with Gasteiger partial charge in [-0.3, -0.25) is 4.79 Å². The number of Topliss-reactive ketones (excluding diaryl/α,β-unsaturated/α-hetero) is 1. The summed E-state index contributed by atoms with van der Waals surface area (Å²) < 4.78 is 0. The van der Waals surface area contributed by atoms with Gasteiger partial charge in [0.05, 0.1) is 6.10 Å². The van der Waals surface area contributed by atoms with Gasteiger partial charge in [0.25, 0.3) is 0 Å². The fourth-order valence-electron chi connectivity index (χ4n) is 8.29. The van der Waals surface area contributed by atoms with E-state index < -0.39 is 0 Å². The second-order valence-corrected chi connectivity index (χ2v) is 11.3. The standard InChI is InChI=1S/C25H39NO2/c1-24-10-8-19(27)15-18(24)6-7-20-21(24)9-11-25(2)22(20)14-17(23(25)28)16-26-12-4-3-5-13-26/h16,18-22,27H,3-15H2,1-2H3. The molecule has 7 atom stereocenters. The largest absolute Gasteiger partial charge is 0.393 e. The molecule has 4 aliphatic carbocycles. The van der Waals surface area contributed by atoms with Crippen LogP contribution in [0.15, 0.2) is 11.8 Å². The first-order valence-electron chi connectivity index (χ1n) is 12.1. The molecule has 156 valence electrons. The molecule has 5 fully saturated rings. The summed E-state index contributed by atoms with van der Waals surface area (Å²) in [4.78, 5) is 15.9. The van der Waals surface area contributed by atoms with Gasteiger partial charge >= 0.3 is 0 Å². The van der Waals surface area contributed by atoms with Crippen LogP contribution in [-0.2, 0) is 4.79 Å². The van der Waals surface area contributed by atoms with E-state index in [1.807, 2.05) is 0 Å². The molecule has 1 N–H and O–H groups in total. The number of allylic oxidation sites excluding steroid dienone is 1. The average molecular weight is 386 g/mol. The van der Waals surface area contributed by atoms with Crippen LogP contribution in [0, 0.1) is 34.5 Å². The Balaban J connectivity index is 1.40. The molecule has 1 saturated heterocycles. The van der Waals surface area contributed by atoms with Crippen LogP contribution in [0.5, 0.6) is 0 Å². The molecule has 0 aromatic carbocycles. The van der Waals surface area contributed by atoms with Gasteiger partial charge in [-0.15, -0.1) is 0 Å². The highest BCUT2D eigenvalue weighted by atomic mass is 16.3. The van der Waals surface area contributed by atoms with Crippen LogP contribution in [-0.4, -0.2) is 35.0 Å². The molecule has 0 aromatic rings. The third-order valence-electron chi connectivity index (χ3n) is 10.0. The van der Waals surface area contributed by atoms with E-state index >= 15 is 0 Å². The molecule has 4 saturated carbocycles. The molecule has 0 spiro atoms. The SMILES string of the molecule is CC12CCC3C(CCC4CC(O)CCC43C)C1CC(=CN1CCCCC1)C2=O. The lowest BCUT2D eigenvalue weighted by Crippen LogP contribution is -2.54. The molecule has 28 heavy (non-hydrogen) atoms. The number of ketones is 1. The molecular weight excluding hydrogens is 346 g/mol. The minimum Gasteiger partial charge on any atom is -0.393 e. The fraction of sp³-hybridized carbons (Fsp3) is 0.880. The number of fused-ring (bicyclic) bond motifs is 5. The van der Waals surface area contributed by atoms with Gasteiger partial charge in [0, 0.05) is 30.3 Å². The molecule has 0 radical (unpaired) electrons. The number of piperidine rings is 1. The monoisotopic (exact) mass is 385 g/mol. The van der Waals surface area contributed by atoms with Gasteiger partial charge in [0.1, 0.15) is 0 Å². The zero-order chi connectivity index (χ0) is 19.5. The number of carbonyl (C=O) groups excluding carboxylic acids is 1. The van der Waals surface area contributed by atoms with Crippen molar-refractivity contribution in [2.45, 2.75) is 90.6 Å². The predicted octanol–water partition coefficient (Wildman–Crippen LogP) is 4.94. The first-order chi connectivity index (χ1) is 13.4. The number of carbonyl (C=O) groups is 1. The van der Waals surface area contributed by atoms with Crippen molar-refractivity contribution in [2.24, 2.45) is 34.5 Å². The van der Waals surface area contributed by atoms with Gasteiger partial charge in [0.2, 0.25) is 0 Å². The first kappa shape index (κ1) is 19.2. The van der Waals surface area contributed by atoms with Crippen LogP contribution in [0.1, 0.15) is 84.5 Å². The smallest absolute Gasteiger partial charge is 0.166 e. The lowest BCUT2D eigenvalue weighted by molar-refractivity contribution is -0.141. The molecule has 1 heterocycles. The number of rotatable bonds is 1. The van der Waals surface area contributed by atoms with Crippen molar-refractivity contribution in [3.8, 4) is 0 Å². The molecule has 0 amide bonds. The molecular formula is C25H39NO2. The highest BCUT2D eigenvalue weighted by Gasteiger charge is 2.61. The molecule has 3 nitrogen and oxygen atoms in total. The topological polar surface area (TPSA) is 40.5 Å². The second kappa shape index (κ2) is 6.86. The number of hydrogen-bond acceptors (Lipinski definition) is 3. The average Bonchev–Trinajstić information content (AvgIpc) is 2.94. The van der Waals surface area contributed by atoms with E-state index in [1.165, 1.54) is 44.9 Å². The van der Waals surface area contributed by atoms with Crippen molar-refractivity contribution < 1.29 is 9.90 Å². The van der Waals surface area contributed by atoms with Gasteiger partial charge in [-0.25, -0.2) is 0 Å². The van der Waals surface area contributed by atoms with Crippen molar-refractivity contribution in [3.05, 3.63) is 11.8 Å². The van der Waals surface area contributed by atoms with E-state index in [1.54, 1.807) is 0 Å². The molecule has 7 unspecified atom stereocenters. The molecule has 5 rings (SSSR count). The molecule has 5 aliphatic rings. The van der Waals surface area contributed by atoms with Crippen molar-refractivity contribution in [3.63, 3.8) is 0 Å². The van der Waals surface area contributed by atoms with Crippen LogP contribution in [0.4, 0.5) is 0 Å². The summed E-state index contributed by atoms with van der Waals surface area (Å²) in [5.41, 5.74) is 1.42. The summed E-state index contributed by atoms with van der Waals surface area (Å²) in [5, 5.41) is 10.2. The van der Waals surface area contributed by atoms with E-state index in [-0.39, 0.29) is 11.5 Å². The van der Waals surface area contributed by atoms with Gasteiger partial charge in [0.15, 0.2) is 5.78 Å². The normalized spacial score (nSPS) is 50.2. The maximum atomic E-state index is 13.5. The summed E-state index contributed by atoms with van der Waals surface area (Å²) in [6.07, 6.45) is 15.1. The summed E-state index contributed by atoms with van der Waals surface area (Å²) in [6, 6.07) is 0. The molecule has 0 aromatic heterocycles. The Bertz CT molecular complexity index is 665. The van der Waals surface area contributed by atoms with E-state index in [0.717, 1.165) is 50.3 Å². The zero-order valence-corrected chi connectivity index (χ0v) is 18.0. The number of hydrogen-bond donors (Lipinski definition) is 1. The maximum absolute atomic E-state index is 13.5. The molecule has 1 aliphatic heterocycles. The minimum absolute atomic E-state index is 0.0735. The Kier molecular flexibility index (Phi) is 4.69. The van der Waals surface area contributed by atoms with E-state index in [2.05, 4.69) is 24.9 Å². The van der Waals surface area contributed by atoms with Gasteiger partial charge in [-0.05, 0) is 99.7 Å². The van der Waals surface area contributed by atoms with Crippen LogP contribution >= 0.6 is 0 Å². The Hall–Kier alpha value is -0.830. The minimum atomic E-state index is -0.111. The maximum Gasteiger partial charge on any atom is 0.166 e. The van der Waals surface area contributed by atoms with E-state index in [9.17, 15) is 9.90 Å². The van der Waals surface area contributed by atoms with Crippen LogP contribution in [0.2, 0.25) is 0 Å². The Morgan fingerprint density at radius 3 is 2.57 bits per heavy atom. The Morgan fingerprint density at radius 1 is 1.00 bits per heavy atom.